The van der Waals surface area contributed by atoms with Crippen molar-refractivity contribution in [3.63, 3.8) is 0 Å². The van der Waals surface area contributed by atoms with Crippen LogP contribution in [0.25, 0.3) is 0 Å². The van der Waals surface area contributed by atoms with Gasteiger partial charge in [0.15, 0.2) is 0 Å². The molecule has 0 radical (unpaired) electrons. The van der Waals surface area contributed by atoms with Crippen molar-refractivity contribution in [2.45, 2.75) is 0 Å². The lowest BCUT2D eigenvalue weighted by atomic mass is 10.3. The molecule has 0 saturated carbocycles. The first-order chi connectivity index (χ1) is 8.06. The highest BCUT2D eigenvalue weighted by Gasteiger charge is 2.08. The highest BCUT2D eigenvalue weighted by atomic mass is 79.9. The van der Waals surface area contributed by atoms with Crippen LogP contribution in [0.5, 0.6) is 11.6 Å². The van der Waals surface area contributed by atoms with Crippen molar-refractivity contribution < 1.29 is 4.74 Å². The fourth-order valence-corrected chi connectivity index (χ4v) is 1.94. The zero-order chi connectivity index (χ0) is 12.4. The molecule has 1 aromatic carbocycles. The first-order valence-electron chi connectivity index (χ1n) is 4.43. The molecule has 0 saturated heterocycles. The summed E-state index contributed by atoms with van der Waals surface area (Å²) in [6.07, 6.45) is 1.24. The third-order valence-electron chi connectivity index (χ3n) is 1.82. The molecule has 88 valence electrons. The van der Waals surface area contributed by atoms with Crippen LogP contribution >= 0.6 is 39.1 Å². The monoisotopic (exact) mass is 334 g/mol. The summed E-state index contributed by atoms with van der Waals surface area (Å²) in [6, 6.07) is 4.72. The molecule has 0 aliphatic carbocycles. The van der Waals surface area contributed by atoms with Gasteiger partial charge in [-0.3, -0.25) is 4.79 Å². The number of hydrogen-bond acceptors (Lipinski definition) is 3. The van der Waals surface area contributed by atoms with E-state index in [1.54, 1.807) is 18.2 Å². The first kappa shape index (κ1) is 12.4. The summed E-state index contributed by atoms with van der Waals surface area (Å²) >= 11 is 14.7. The number of nitrogens with zero attached hydrogens (tertiary/aromatic N) is 1. The summed E-state index contributed by atoms with van der Waals surface area (Å²) in [5.74, 6) is 0.549. The Kier molecular flexibility index (Phi) is 3.71. The quantitative estimate of drug-likeness (QED) is 0.911. The topological polar surface area (TPSA) is 55.0 Å². The molecular weight excluding hydrogens is 331 g/mol. The van der Waals surface area contributed by atoms with Crippen molar-refractivity contribution in [2.75, 3.05) is 0 Å². The van der Waals surface area contributed by atoms with Gasteiger partial charge >= 0.3 is 0 Å². The first-order valence-corrected chi connectivity index (χ1v) is 5.98. The van der Waals surface area contributed by atoms with E-state index < -0.39 is 0 Å². The number of aromatic nitrogens is 2. The largest absolute Gasteiger partial charge is 0.437 e. The van der Waals surface area contributed by atoms with Gasteiger partial charge in [0.1, 0.15) is 10.2 Å². The van der Waals surface area contributed by atoms with E-state index in [-0.39, 0.29) is 15.9 Å². The molecule has 0 bridgehead atoms. The van der Waals surface area contributed by atoms with Gasteiger partial charge in [0.2, 0.25) is 5.88 Å². The molecule has 4 nitrogen and oxygen atoms in total. The van der Waals surface area contributed by atoms with E-state index in [4.69, 9.17) is 27.9 Å². The lowest BCUT2D eigenvalue weighted by Gasteiger charge is -2.06. The number of H-pyrrole nitrogens is 1. The van der Waals surface area contributed by atoms with E-state index in [1.807, 2.05) is 0 Å². The maximum atomic E-state index is 11.3. The molecule has 0 atom stereocenters. The normalized spacial score (nSPS) is 10.3. The smallest absolute Gasteiger partial charge is 0.268 e. The highest BCUT2D eigenvalue weighted by Crippen LogP contribution is 2.29. The number of rotatable bonds is 2. The Labute approximate surface area is 115 Å². The summed E-state index contributed by atoms with van der Waals surface area (Å²) in [5.41, 5.74) is -0.330. The second kappa shape index (κ2) is 5.08. The predicted molar refractivity (Wildman–Crippen MR) is 69.1 cm³/mol. The molecule has 2 aromatic rings. The van der Waals surface area contributed by atoms with Gasteiger partial charge in [-0.2, -0.15) is 0 Å². The van der Waals surface area contributed by atoms with Gasteiger partial charge in [-0.15, -0.1) is 0 Å². The summed E-state index contributed by atoms with van der Waals surface area (Å²) in [6.45, 7) is 0. The maximum absolute atomic E-state index is 11.3. The zero-order valence-electron chi connectivity index (χ0n) is 8.21. The fraction of sp³-hybridized carbons (Fsp3) is 0. The molecule has 1 heterocycles. The molecule has 0 aliphatic heterocycles. The van der Waals surface area contributed by atoms with E-state index in [0.717, 1.165) is 0 Å². The number of ether oxygens (including phenoxy) is 1. The van der Waals surface area contributed by atoms with Crippen molar-refractivity contribution in [1.82, 2.24) is 9.97 Å². The Morgan fingerprint density at radius 3 is 2.53 bits per heavy atom. The second-order valence-electron chi connectivity index (χ2n) is 3.06. The van der Waals surface area contributed by atoms with Gasteiger partial charge < -0.3 is 9.72 Å². The molecule has 0 fully saturated rings. The Hall–Kier alpha value is -1.04. The predicted octanol–water partition coefficient (Wildman–Crippen LogP) is 3.63. The van der Waals surface area contributed by atoms with Crippen LogP contribution in [0.4, 0.5) is 0 Å². The van der Waals surface area contributed by atoms with E-state index in [0.29, 0.717) is 15.8 Å². The van der Waals surface area contributed by atoms with Crippen molar-refractivity contribution in [3.8, 4) is 11.6 Å². The van der Waals surface area contributed by atoms with Gasteiger partial charge in [-0.05, 0) is 34.1 Å². The molecule has 17 heavy (non-hydrogen) atoms. The van der Waals surface area contributed by atoms with Crippen LogP contribution in [-0.2, 0) is 0 Å². The molecule has 0 amide bonds. The van der Waals surface area contributed by atoms with Crippen LogP contribution in [0.2, 0.25) is 10.0 Å². The van der Waals surface area contributed by atoms with Crippen LogP contribution in [0.3, 0.4) is 0 Å². The SMILES string of the molecule is O=c1[nH]cnc(Oc2cc(Cl)cc(Cl)c2)c1Br. The summed E-state index contributed by atoms with van der Waals surface area (Å²) < 4.78 is 5.61. The van der Waals surface area contributed by atoms with Crippen LogP contribution in [0.15, 0.2) is 33.8 Å². The maximum Gasteiger partial charge on any atom is 0.268 e. The van der Waals surface area contributed by atoms with E-state index >= 15 is 0 Å². The van der Waals surface area contributed by atoms with Crippen molar-refractivity contribution in [3.05, 3.63) is 49.4 Å². The molecular formula is C10H5BrCl2N2O2. The van der Waals surface area contributed by atoms with E-state index in [1.165, 1.54) is 6.33 Å². The molecule has 2 rings (SSSR count). The lowest BCUT2D eigenvalue weighted by molar-refractivity contribution is 0.457. The second-order valence-corrected chi connectivity index (χ2v) is 4.72. The molecule has 1 aromatic heterocycles. The minimum Gasteiger partial charge on any atom is -0.437 e. The minimum absolute atomic E-state index is 0.145. The minimum atomic E-state index is -0.330. The van der Waals surface area contributed by atoms with Crippen LogP contribution in [-0.4, -0.2) is 9.97 Å². The summed E-state index contributed by atoms with van der Waals surface area (Å²) in [5, 5.41) is 0.877. The van der Waals surface area contributed by atoms with Gasteiger partial charge in [-0.1, -0.05) is 23.2 Å². The Balaban J connectivity index is 2.38. The van der Waals surface area contributed by atoms with E-state index in [9.17, 15) is 4.79 Å². The number of benzene rings is 1. The van der Waals surface area contributed by atoms with Crippen LogP contribution < -0.4 is 10.3 Å². The fourth-order valence-electron chi connectivity index (χ4n) is 1.14. The van der Waals surface area contributed by atoms with Crippen molar-refractivity contribution in [1.29, 1.82) is 0 Å². The standard InChI is InChI=1S/C10H5BrCl2N2O2/c11-8-9(16)14-4-15-10(8)17-7-2-5(12)1-6(13)3-7/h1-4H,(H,14,15,16). The van der Waals surface area contributed by atoms with Gasteiger partial charge in [0.25, 0.3) is 5.56 Å². The molecule has 0 aliphatic rings. The van der Waals surface area contributed by atoms with Crippen molar-refractivity contribution in [2.24, 2.45) is 0 Å². The Morgan fingerprint density at radius 2 is 1.88 bits per heavy atom. The summed E-state index contributed by atoms with van der Waals surface area (Å²) in [7, 11) is 0. The van der Waals surface area contributed by atoms with Gasteiger partial charge in [0.05, 0.1) is 6.33 Å². The molecule has 0 spiro atoms. The molecule has 1 N–H and O–H groups in total. The number of nitrogens with one attached hydrogen (secondary N) is 1. The average Bonchev–Trinajstić information content (AvgIpc) is 2.23. The number of hydrogen-bond donors (Lipinski definition) is 1. The Morgan fingerprint density at radius 1 is 1.24 bits per heavy atom. The van der Waals surface area contributed by atoms with Gasteiger partial charge in [0, 0.05) is 10.0 Å². The third kappa shape index (κ3) is 3.00. The third-order valence-corrected chi connectivity index (χ3v) is 2.95. The number of halogens is 3. The molecule has 7 heteroatoms. The van der Waals surface area contributed by atoms with E-state index in [2.05, 4.69) is 25.9 Å². The zero-order valence-corrected chi connectivity index (χ0v) is 11.3. The molecule has 0 unspecified atom stereocenters. The Bertz CT molecular complexity index is 595. The van der Waals surface area contributed by atoms with Crippen LogP contribution in [0, 0.1) is 0 Å². The highest BCUT2D eigenvalue weighted by molar-refractivity contribution is 9.10. The summed E-state index contributed by atoms with van der Waals surface area (Å²) in [4.78, 5) is 17.6. The lowest BCUT2D eigenvalue weighted by Crippen LogP contribution is -2.08. The van der Waals surface area contributed by atoms with Crippen LogP contribution in [0.1, 0.15) is 0 Å². The average molecular weight is 336 g/mol. The number of aromatic amines is 1. The van der Waals surface area contributed by atoms with Gasteiger partial charge in [-0.25, -0.2) is 4.98 Å². The van der Waals surface area contributed by atoms with Crippen molar-refractivity contribution >= 4 is 39.1 Å².